The van der Waals surface area contributed by atoms with Crippen LogP contribution >= 0.6 is 11.6 Å². The van der Waals surface area contributed by atoms with Gasteiger partial charge in [-0.15, -0.1) is 0 Å². The summed E-state index contributed by atoms with van der Waals surface area (Å²) in [7, 11) is -4.07. The highest BCUT2D eigenvalue weighted by Gasteiger charge is 2.34. The lowest BCUT2D eigenvalue weighted by molar-refractivity contribution is -0.137. The maximum Gasteiger partial charge on any atom is 0.416 e. The SMILES string of the molecule is CC(NC(=O)CN1CCN(S(=O)(=O)c2cccc(C(F)(F)F)c2)CC1)c1ccccc1Cl. The third kappa shape index (κ3) is 5.80. The Morgan fingerprint density at radius 1 is 1.09 bits per heavy atom. The summed E-state index contributed by atoms with van der Waals surface area (Å²) in [6.07, 6.45) is -4.63. The third-order valence-electron chi connectivity index (χ3n) is 5.25. The molecular formula is C21H23ClF3N3O3S. The Morgan fingerprint density at radius 3 is 2.38 bits per heavy atom. The van der Waals surface area contributed by atoms with Crippen molar-refractivity contribution in [3.8, 4) is 0 Å². The molecular weight excluding hydrogens is 467 g/mol. The van der Waals surface area contributed by atoms with Crippen LogP contribution in [0.2, 0.25) is 5.02 Å². The van der Waals surface area contributed by atoms with E-state index in [0.717, 1.165) is 28.1 Å². The monoisotopic (exact) mass is 489 g/mol. The van der Waals surface area contributed by atoms with Crippen molar-refractivity contribution in [2.45, 2.75) is 24.0 Å². The van der Waals surface area contributed by atoms with E-state index >= 15 is 0 Å². The molecule has 0 aliphatic carbocycles. The third-order valence-corrected chi connectivity index (χ3v) is 7.49. The number of hydrogen-bond donors (Lipinski definition) is 1. The number of alkyl halides is 3. The Morgan fingerprint density at radius 2 is 1.75 bits per heavy atom. The molecule has 3 rings (SSSR count). The van der Waals surface area contributed by atoms with E-state index in [-0.39, 0.29) is 44.7 Å². The molecule has 32 heavy (non-hydrogen) atoms. The highest BCUT2D eigenvalue weighted by atomic mass is 35.5. The van der Waals surface area contributed by atoms with Gasteiger partial charge in [0.1, 0.15) is 0 Å². The number of amides is 1. The van der Waals surface area contributed by atoms with Crippen LogP contribution in [-0.4, -0.2) is 56.3 Å². The Hall–Kier alpha value is -2.14. The van der Waals surface area contributed by atoms with Gasteiger partial charge in [0.15, 0.2) is 0 Å². The summed E-state index contributed by atoms with van der Waals surface area (Å²) in [5, 5.41) is 3.42. The lowest BCUT2D eigenvalue weighted by Crippen LogP contribution is -2.51. The predicted molar refractivity (Wildman–Crippen MR) is 115 cm³/mol. The number of piperazine rings is 1. The highest BCUT2D eigenvalue weighted by Crippen LogP contribution is 2.31. The van der Waals surface area contributed by atoms with Gasteiger partial charge in [-0.3, -0.25) is 9.69 Å². The molecule has 2 aromatic rings. The van der Waals surface area contributed by atoms with Gasteiger partial charge in [0.05, 0.1) is 23.0 Å². The summed E-state index contributed by atoms with van der Waals surface area (Å²) in [4.78, 5) is 13.8. The number of carbonyl (C=O) groups is 1. The average molecular weight is 490 g/mol. The fourth-order valence-corrected chi connectivity index (χ4v) is 5.27. The van der Waals surface area contributed by atoms with Gasteiger partial charge in [0.25, 0.3) is 0 Å². The molecule has 1 heterocycles. The van der Waals surface area contributed by atoms with Crippen molar-refractivity contribution in [2.24, 2.45) is 0 Å². The lowest BCUT2D eigenvalue weighted by atomic mass is 10.1. The Labute approximate surface area is 190 Å². The van der Waals surface area contributed by atoms with Crippen LogP contribution in [0.3, 0.4) is 0 Å². The summed E-state index contributed by atoms with van der Waals surface area (Å²) < 4.78 is 65.5. The fourth-order valence-electron chi connectivity index (χ4n) is 3.50. The van der Waals surface area contributed by atoms with Gasteiger partial charge in [0, 0.05) is 31.2 Å². The van der Waals surface area contributed by atoms with Crippen molar-refractivity contribution in [3.63, 3.8) is 0 Å². The van der Waals surface area contributed by atoms with Gasteiger partial charge in [-0.05, 0) is 36.8 Å². The average Bonchev–Trinajstić information content (AvgIpc) is 2.74. The number of rotatable bonds is 6. The zero-order valence-electron chi connectivity index (χ0n) is 17.3. The Bertz CT molecular complexity index is 1070. The Balaban J connectivity index is 1.57. The standard InChI is InChI=1S/C21H23ClF3N3O3S/c1-15(18-7-2-3-8-19(18)22)26-20(29)14-27-9-11-28(12-10-27)32(30,31)17-6-4-5-16(13-17)21(23,24)25/h2-8,13,15H,9-12,14H2,1H3,(H,26,29). The van der Waals surface area contributed by atoms with Crippen LogP contribution < -0.4 is 5.32 Å². The molecule has 1 aliphatic heterocycles. The van der Waals surface area contributed by atoms with Crippen LogP contribution in [0.4, 0.5) is 13.2 Å². The summed E-state index contributed by atoms with van der Waals surface area (Å²) >= 11 is 6.15. The Kier molecular flexibility index (Phi) is 7.49. The summed E-state index contributed by atoms with van der Waals surface area (Å²) in [6.45, 7) is 2.61. The molecule has 0 aromatic heterocycles. The number of benzene rings is 2. The molecule has 1 atom stereocenters. The van der Waals surface area contributed by atoms with E-state index in [1.807, 2.05) is 19.1 Å². The maximum atomic E-state index is 12.9. The van der Waals surface area contributed by atoms with E-state index in [1.165, 1.54) is 0 Å². The number of halogens is 4. The second-order valence-electron chi connectivity index (χ2n) is 7.52. The molecule has 6 nitrogen and oxygen atoms in total. The van der Waals surface area contributed by atoms with Crippen LogP contribution in [0.25, 0.3) is 0 Å². The number of hydrogen-bond acceptors (Lipinski definition) is 4. The molecule has 1 N–H and O–H groups in total. The van der Waals surface area contributed by atoms with Crippen molar-refractivity contribution >= 4 is 27.5 Å². The van der Waals surface area contributed by atoms with E-state index < -0.39 is 26.7 Å². The first kappa shape index (κ1) is 24.5. The van der Waals surface area contributed by atoms with Crippen LogP contribution in [0.1, 0.15) is 24.1 Å². The van der Waals surface area contributed by atoms with Gasteiger partial charge in [-0.25, -0.2) is 8.42 Å². The van der Waals surface area contributed by atoms with Crippen LogP contribution in [-0.2, 0) is 21.0 Å². The van der Waals surface area contributed by atoms with Crippen LogP contribution in [0.5, 0.6) is 0 Å². The molecule has 0 saturated carbocycles. The molecule has 1 unspecified atom stereocenters. The normalized spacial score (nSPS) is 17.2. The minimum atomic E-state index is -4.63. The lowest BCUT2D eigenvalue weighted by Gasteiger charge is -2.33. The van der Waals surface area contributed by atoms with E-state index in [1.54, 1.807) is 17.0 Å². The number of nitrogens with one attached hydrogen (secondary N) is 1. The predicted octanol–water partition coefficient (Wildman–Crippen LogP) is 3.54. The van der Waals surface area contributed by atoms with Crippen molar-refractivity contribution in [1.29, 1.82) is 0 Å². The van der Waals surface area contributed by atoms with Crippen LogP contribution in [0, 0.1) is 0 Å². The largest absolute Gasteiger partial charge is 0.416 e. The van der Waals surface area contributed by atoms with Crippen molar-refractivity contribution < 1.29 is 26.4 Å². The second kappa shape index (κ2) is 9.78. The van der Waals surface area contributed by atoms with Crippen molar-refractivity contribution in [2.75, 3.05) is 32.7 Å². The molecule has 1 saturated heterocycles. The molecule has 174 valence electrons. The van der Waals surface area contributed by atoms with Crippen molar-refractivity contribution in [3.05, 3.63) is 64.7 Å². The number of sulfonamides is 1. The second-order valence-corrected chi connectivity index (χ2v) is 9.86. The number of carbonyl (C=O) groups excluding carboxylic acids is 1. The van der Waals surface area contributed by atoms with Gasteiger partial charge in [-0.1, -0.05) is 35.9 Å². The van der Waals surface area contributed by atoms with E-state index in [4.69, 9.17) is 11.6 Å². The van der Waals surface area contributed by atoms with E-state index in [2.05, 4.69) is 5.32 Å². The first-order valence-corrected chi connectivity index (χ1v) is 11.7. The number of nitrogens with zero attached hydrogens (tertiary/aromatic N) is 2. The summed E-state index contributed by atoms with van der Waals surface area (Å²) in [5.41, 5.74) is -0.221. The fraction of sp³-hybridized carbons (Fsp3) is 0.381. The zero-order valence-corrected chi connectivity index (χ0v) is 18.8. The molecule has 1 amide bonds. The smallest absolute Gasteiger partial charge is 0.348 e. The molecule has 0 spiro atoms. The van der Waals surface area contributed by atoms with Gasteiger partial charge >= 0.3 is 6.18 Å². The van der Waals surface area contributed by atoms with Gasteiger partial charge < -0.3 is 5.32 Å². The van der Waals surface area contributed by atoms with Gasteiger partial charge in [0.2, 0.25) is 15.9 Å². The van der Waals surface area contributed by atoms with Gasteiger partial charge in [-0.2, -0.15) is 17.5 Å². The quantitative estimate of drug-likeness (QED) is 0.674. The van der Waals surface area contributed by atoms with E-state index in [9.17, 15) is 26.4 Å². The molecule has 1 aliphatic rings. The zero-order chi connectivity index (χ0) is 23.5. The molecule has 11 heteroatoms. The minimum Gasteiger partial charge on any atom is -0.348 e. The molecule has 0 bridgehead atoms. The summed E-state index contributed by atoms with van der Waals surface area (Å²) in [6, 6.07) is 10.6. The topological polar surface area (TPSA) is 69.7 Å². The molecule has 2 aromatic carbocycles. The van der Waals surface area contributed by atoms with Crippen molar-refractivity contribution in [1.82, 2.24) is 14.5 Å². The summed E-state index contributed by atoms with van der Waals surface area (Å²) in [5.74, 6) is -0.230. The maximum absolute atomic E-state index is 12.9. The minimum absolute atomic E-state index is 0.0753. The molecule has 1 fully saturated rings. The first-order chi connectivity index (χ1) is 15.0. The van der Waals surface area contributed by atoms with E-state index in [0.29, 0.717) is 11.1 Å². The first-order valence-electron chi connectivity index (χ1n) is 9.92. The molecule has 0 radical (unpaired) electrons. The highest BCUT2D eigenvalue weighted by molar-refractivity contribution is 7.89. The van der Waals surface area contributed by atoms with Crippen LogP contribution in [0.15, 0.2) is 53.4 Å².